The Bertz CT molecular complexity index is 1570. The van der Waals surface area contributed by atoms with Crippen LogP contribution in [0.5, 0.6) is 0 Å². The largest absolute Gasteiger partial charge is 0.394 e. The van der Waals surface area contributed by atoms with E-state index in [0.29, 0.717) is 12.8 Å². The standard InChI is InChI=1S/C74H141NO13/c1-3-5-7-9-11-13-15-17-19-21-23-25-27-29-30-31-32-34-35-37-39-41-43-45-47-49-51-53-55-57-63(78)62(61-85-73-71(84)69(82)72(65(60-77)87-73)88-74-70(83)68(81)67(80)64(59-76)86-74)75-66(79)58-56-54-52-50-48-46-44-42-40-38-36-33-28-26-24-22-20-18-16-14-12-10-8-6-4-2/h47,49,55,57,62-65,67-74,76-78,80-84H,3-46,48,50-54,56,58-61H2,1-2H3,(H,75,79)/b49-47+,57-55+. The van der Waals surface area contributed by atoms with E-state index in [-0.39, 0.29) is 18.9 Å². The fraction of sp³-hybridized carbons (Fsp3) is 0.932. The van der Waals surface area contributed by atoms with E-state index in [9.17, 15) is 45.6 Å². The zero-order valence-electron chi connectivity index (χ0n) is 56.7. The third-order valence-corrected chi connectivity index (χ3v) is 18.6. The lowest BCUT2D eigenvalue weighted by Crippen LogP contribution is -2.65. The molecule has 1 amide bonds. The van der Waals surface area contributed by atoms with Gasteiger partial charge >= 0.3 is 0 Å². The number of hydrogen-bond donors (Lipinski definition) is 9. The Balaban J connectivity index is 1.66. The fourth-order valence-corrected chi connectivity index (χ4v) is 12.7. The van der Waals surface area contributed by atoms with Crippen molar-refractivity contribution in [1.29, 1.82) is 0 Å². The van der Waals surface area contributed by atoms with Crippen LogP contribution in [0.1, 0.15) is 348 Å². The quantitative estimate of drug-likeness (QED) is 0.0204. The van der Waals surface area contributed by atoms with Crippen LogP contribution in [0.25, 0.3) is 0 Å². The Morgan fingerprint density at radius 3 is 1.11 bits per heavy atom. The lowest BCUT2D eigenvalue weighted by molar-refractivity contribution is -0.359. The normalized spacial score (nSPS) is 23.2. The average molecular weight is 1250 g/mol. The molecule has 520 valence electrons. The highest BCUT2D eigenvalue weighted by atomic mass is 16.7. The summed E-state index contributed by atoms with van der Waals surface area (Å²) in [5.41, 5.74) is 0. The molecule has 0 saturated carbocycles. The van der Waals surface area contributed by atoms with Crippen molar-refractivity contribution in [3.8, 4) is 0 Å². The third-order valence-electron chi connectivity index (χ3n) is 18.6. The van der Waals surface area contributed by atoms with Crippen LogP contribution >= 0.6 is 0 Å². The van der Waals surface area contributed by atoms with Crippen molar-refractivity contribution in [2.75, 3.05) is 19.8 Å². The molecule has 0 spiro atoms. The monoisotopic (exact) mass is 1250 g/mol. The molecular weight excluding hydrogens is 1110 g/mol. The van der Waals surface area contributed by atoms with E-state index in [0.717, 1.165) is 32.1 Å². The second-order valence-corrected chi connectivity index (χ2v) is 26.8. The molecular formula is C74H141NO13. The maximum absolute atomic E-state index is 13.3. The predicted molar refractivity (Wildman–Crippen MR) is 360 cm³/mol. The van der Waals surface area contributed by atoms with Gasteiger partial charge in [0, 0.05) is 6.42 Å². The summed E-state index contributed by atoms with van der Waals surface area (Å²) in [6, 6.07) is -0.930. The average Bonchev–Trinajstić information content (AvgIpc) is 2.02. The van der Waals surface area contributed by atoms with Crippen LogP contribution < -0.4 is 5.32 Å². The Kier molecular flexibility index (Phi) is 55.6. The molecule has 0 aromatic carbocycles. The van der Waals surface area contributed by atoms with Crippen LogP contribution in [0.15, 0.2) is 24.3 Å². The lowest BCUT2D eigenvalue weighted by atomic mass is 9.97. The second kappa shape index (κ2) is 59.2. The van der Waals surface area contributed by atoms with Gasteiger partial charge in [0.2, 0.25) is 5.91 Å². The Hall–Kier alpha value is -1.53. The minimum Gasteiger partial charge on any atom is -0.394 e. The van der Waals surface area contributed by atoms with Crippen molar-refractivity contribution in [3.05, 3.63) is 24.3 Å². The Labute approximate surface area is 539 Å². The summed E-state index contributed by atoms with van der Waals surface area (Å²) < 4.78 is 22.9. The molecule has 14 heteroatoms. The zero-order valence-corrected chi connectivity index (χ0v) is 56.7. The number of nitrogens with one attached hydrogen (secondary N) is 1. The topological polar surface area (TPSA) is 228 Å². The van der Waals surface area contributed by atoms with Gasteiger partial charge < -0.3 is 65.1 Å². The molecule has 2 fully saturated rings. The van der Waals surface area contributed by atoms with Crippen LogP contribution in [0.3, 0.4) is 0 Å². The van der Waals surface area contributed by atoms with Gasteiger partial charge in [-0.3, -0.25) is 4.79 Å². The number of hydrogen-bond acceptors (Lipinski definition) is 13. The number of carbonyl (C=O) groups excluding carboxylic acids is 1. The smallest absolute Gasteiger partial charge is 0.220 e. The van der Waals surface area contributed by atoms with Gasteiger partial charge in [-0.05, 0) is 32.1 Å². The van der Waals surface area contributed by atoms with Gasteiger partial charge in [-0.1, -0.05) is 334 Å². The molecule has 0 bridgehead atoms. The van der Waals surface area contributed by atoms with E-state index in [2.05, 4.69) is 31.3 Å². The summed E-state index contributed by atoms with van der Waals surface area (Å²) >= 11 is 0. The molecule has 14 nitrogen and oxygen atoms in total. The number of aliphatic hydroxyl groups excluding tert-OH is 8. The molecule has 0 aromatic heterocycles. The third kappa shape index (κ3) is 42.6. The number of ether oxygens (including phenoxy) is 4. The molecule has 2 heterocycles. The molecule has 2 rings (SSSR count). The molecule has 0 aromatic rings. The van der Waals surface area contributed by atoms with Gasteiger partial charge in [0.15, 0.2) is 12.6 Å². The molecule has 9 N–H and O–H groups in total. The molecule has 88 heavy (non-hydrogen) atoms. The number of unbranched alkanes of at least 4 members (excludes halogenated alkanes) is 48. The number of carbonyl (C=O) groups is 1. The minimum absolute atomic E-state index is 0.241. The van der Waals surface area contributed by atoms with E-state index in [4.69, 9.17) is 18.9 Å². The van der Waals surface area contributed by atoms with E-state index < -0.39 is 86.8 Å². The maximum atomic E-state index is 13.3. The van der Waals surface area contributed by atoms with E-state index in [1.54, 1.807) is 6.08 Å². The van der Waals surface area contributed by atoms with Crippen molar-refractivity contribution in [2.45, 2.75) is 421 Å². The molecule has 2 aliphatic rings. The van der Waals surface area contributed by atoms with Crippen molar-refractivity contribution >= 4 is 5.91 Å². The van der Waals surface area contributed by atoms with Crippen molar-refractivity contribution in [1.82, 2.24) is 5.32 Å². The zero-order chi connectivity index (χ0) is 63.8. The summed E-state index contributed by atoms with van der Waals surface area (Å²) in [5.74, 6) is -0.241. The fourth-order valence-electron chi connectivity index (χ4n) is 12.7. The number of allylic oxidation sites excluding steroid dienone is 3. The highest BCUT2D eigenvalue weighted by Crippen LogP contribution is 2.30. The van der Waals surface area contributed by atoms with Gasteiger partial charge in [0.1, 0.15) is 48.8 Å². The van der Waals surface area contributed by atoms with E-state index in [1.165, 1.54) is 283 Å². The van der Waals surface area contributed by atoms with Crippen molar-refractivity contribution in [2.24, 2.45) is 0 Å². The molecule has 12 atom stereocenters. The molecule has 0 aliphatic carbocycles. The van der Waals surface area contributed by atoms with Crippen LogP contribution in [-0.2, 0) is 23.7 Å². The number of aliphatic hydroxyl groups is 8. The first kappa shape index (κ1) is 82.6. The number of rotatable bonds is 63. The van der Waals surface area contributed by atoms with Gasteiger partial charge in [-0.25, -0.2) is 0 Å². The maximum Gasteiger partial charge on any atom is 0.220 e. The van der Waals surface area contributed by atoms with Crippen molar-refractivity contribution in [3.63, 3.8) is 0 Å². The first-order valence-electron chi connectivity index (χ1n) is 37.6. The van der Waals surface area contributed by atoms with Crippen LogP contribution in [0, 0.1) is 0 Å². The van der Waals surface area contributed by atoms with Crippen molar-refractivity contribution < 1.29 is 64.6 Å². The van der Waals surface area contributed by atoms with E-state index >= 15 is 0 Å². The van der Waals surface area contributed by atoms with Gasteiger partial charge in [-0.2, -0.15) is 0 Å². The Morgan fingerprint density at radius 1 is 0.398 bits per heavy atom. The minimum atomic E-state index is -1.79. The first-order valence-corrected chi connectivity index (χ1v) is 37.6. The van der Waals surface area contributed by atoms with Crippen LogP contribution in [-0.4, -0.2) is 140 Å². The van der Waals surface area contributed by atoms with Gasteiger partial charge in [0.25, 0.3) is 0 Å². The highest BCUT2D eigenvalue weighted by molar-refractivity contribution is 5.76. The summed E-state index contributed by atoms with van der Waals surface area (Å²) in [5, 5.41) is 87.5. The highest BCUT2D eigenvalue weighted by Gasteiger charge is 2.51. The van der Waals surface area contributed by atoms with Crippen LogP contribution in [0.4, 0.5) is 0 Å². The summed E-state index contributed by atoms with van der Waals surface area (Å²) in [6.07, 6.45) is 58.2. The van der Waals surface area contributed by atoms with Gasteiger partial charge in [0.05, 0.1) is 32.0 Å². The predicted octanol–water partition coefficient (Wildman–Crippen LogP) is 15.9. The molecule has 2 saturated heterocycles. The first-order chi connectivity index (χ1) is 43.1. The van der Waals surface area contributed by atoms with Crippen LogP contribution in [0.2, 0.25) is 0 Å². The molecule has 2 aliphatic heterocycles. The summed E-state index contributed by atoms with van der Waals surface area (Å²) in [7, 11) is 0. The second-order valence-electron chi connectivity index (χ2n) is 26.8. The summed E-state index contributed by atoms with van der Waals surface area (Å²) in [6.45, 7) is 2.85. The van der Waals surface area contributed by atoms with Gasteiger partial charge in [-0.15, -0.1) is 0 Å². The SMILES string of the molecule is CCCCCCCCCCCCCCCCCCCCCCCCC/C=C/CC/C=C/C(O)C(COC1OC(CO)C(OC2OC(CO)C(O)C(O)C2O)C(O)C1O)NC(=O)CCCCCCCCCCCCCCCCCCCCCCCCCCC. The lowest BCUT2D eigenvalue weighted by Gasteiger charge is -2.46. The Morgan fingerprint density at radius 2 is 0.727 bits per heavy atom. The number of amides is 1. The molecule has 12 unspecified atom stereocenters. The summed E-state index contributed by atoms with van der Waals surface area (Å²) in [4.78, 5) is 13.3. The molecule has 0 radical (unpaired) electrons. The van der Waals surface area contributed by atoms with E-state index in [1.807, 2.05) is 6.08 Å².